The second kappa shape index (κ2) is 8.15. The van der Waals surface area contributed by atoms with Gasteiger partial charge >= 0.3 is 0 Å². The first kappa shape index (κ1) is 19.5. The number of amides is 1. The third-order valence-corrected chi connectivity index (χ3v) is 5.70. The molecule has 0 aromatic heterocycles. The Kier molecular flexibility index (Phi) is 6.10. The molecule has 3 rings (SSSR count). The van der Waals surface area contributed by atoms with E-state index >= 15 is 0 Å². The van der Waals surface area contributed by atoms with Crippen molar-refractivity contribution < 1.29 is 9.53 Å². The number of ether oxygens (including phenoxy) is 1. The molecule has 2 saturated heterocycles. The van der Waals surface area contributed by atoms with E-state index < -0.39 is 0 Å². The first-order valence-electron chi connectivity index (χ1n) is 9.54. The smallest absolute Gasteiger partial charge is 0.239 e. The number of hydrogen-bond donors (Lipinski definition) is 0. The lowest BCUT2D eigenvalue weighted by Crippen LogP contribution is -2.57. The fraction of sp³-hybridized carbons (Fsp3) is 0.650. The quantitative estimate of drug-likeness (QED) is 0.809. The van der Waals surface area contributed by atoms with Gasteiger partial charge in [0, 0.05) is 50.0 Å². The van der Waals surface area contributed by atoms with Crippen molar-refractivity contribution in [2.24, 2.45) is 0 Å². The highest BCUT2D eigenvalue weighted by Crippen LogP contribution is 2.26. The highest BCUT2D eigenvalue weighted by atomic mass is 35.5. The molecule has 0 aliphatic carbocycles. The minimum atomic E-state index is -0.0879. The summed E-state index contributed by atoms with van der Waals surface area (Å²) in [5, 5.41) is 0.770. The molecule has 3 atom stereocenters. The molecule has 1 amide bonds. The van der Waals surface area contributed by atoms with E-state index in [4.69, 9.17) is 16.3 Å². The van der Waals surface area contributed by atoms with Crippen LogP contribution in [0.15, 0.2) is 18.2 Å². The topological polar surface area (TPSA) is 36.0 Å². The number of carbonyl (C=O) groups is 1. The van der Waals surface area contributed by atoms with Gasteiger partial charge in [0.15, 0.2) is 0 Å². The van der Waals surface area contributed by atoms with E-state index in [0.717, 1.165) is 31.2 Å². The molecule has 0 saturated carbocycles. The Morgan fingerprint density at radius 2 is 1.77 bits per heavy atom. The number of hydrogen-bond acceptors (Lipinski definition) is 4. The van der Waals surface area contributed by atoms with Crippen molar-refractivity contribution in [2.45, 2.75) is 45.9 Å². The molecular weight excluding hydrogens is 350 g/mol. The predicted octanol–water partition coefficient (Wildman–Crippen LogP) is 2.79. The van der Waals surface area contributed by atoms with E-state index in [1.54, 1.807) is 0 Å². The first-order chi connectivity index (χ1) is 12.3. The van der Waals surface area contributed by atoms with Crippen LogP contribution in [0.1, 0.15) is 26.3 Å². The normalized spacial score (nSPS) is 26.0. The summed E-state index contributed by atoms with van der Waals surface area (Å²) in [6, 6.07) is 5.95. The maximum Gasteiger partial charge on any atom is 0.239 e. The van der Waals surface area contributed by atoms with E-state index in [9.17, 15) is 4.79 Å². The summed E-state index contributed by atoms with van der Waals surface area (Å²) in [5.41, 5.74) is 2.44. The summed E-state index contributed by atoms with van der Waals surface area (Å²) in [4.78, 5) is 19.6. The Morgan fingerprint density at radius 3 is 2.38 bits per heavy atom. The third kappa shape index (κ3) is 4.33. The van der Waals surface area contributed by atoms with Crippen LogP contribution in [-0.4, -0.2) is 73.2 Å². The van der Waals surface area contributed by atoms with Crippen molar-refractivity contribution in [3.63, 3.8) is 0 Å². The maximum absolute atomic E-state index is 12.9. The zero-order valence-electron chi connectivity index (χ0n) is 16.2. The van der Waals surface area contributed by atoms with Gasteiger partial charge in [0.25, 0.3) is 0 Å². The van der Waals surface area contributed by atoms with Gasteiger partial charge < -0.3 is 14.5 Å². The number of halogens is 1. The lowest BCUT2D eigenvalue weighted by atomic mass is 10.1. The van der Waals surface area contributed by atoms with Crippen LogP contribution in [0, 0.1) is 6.92 Å². The molecule has 0 spiro atoms. The number of rotatable bonds is 3. The zero-order valence-corrected chi connectivity index (χ0v) is 17.0. The van der Waals surface area contributed by atoms with E-state index in [1.807, 2.05) is 37.8 Å². The van der Waals surface area contributed by atoms with Gasteiger partial charge in [0.1, 0.15) is 0 Å². The van der Waals surface area contributed by atoms with Gasteiger partial charge in [-0.3, -0.25) is 9.69 Å². The summed E-state index contributed by atoms with van der Waals surface area (Å²) in [6.45, 7) is 13.2. The summed E-state index contributed by atoms with van der Waals surface area (Å²) in [6.07, 6.45) is 0.218. The van der Waals surface area contributed by atoms with Crippen LogP contribution in [0.4, 0.5) is 5.69 Å². The number of anilines is 1. The van der Waals surface area contributed by atoms with Gasteiger partial charge in [-0.25, -0.2) is 0 Å². The fourth-order valence-electron chi connectivity index (χ4n) is 4.05. The Morgan fingerprint density at radius 1 is 1.15 bits per heavy atom. The van der Waals surface area contributed by atoms with Gasteiger partial charge in [0.2, 0.25) is 5.91 Å². The van der Waals surface area contributed by atoms with Crippen LogP contribution in [0.25, 0.3) is 0 Å². The SMILES string of the molecule is Cc1ccc(Cl)cc1N1CCN([C@@H](C)C(=O)N2C[C@@H](C)O[C@@H](C)C2)CC1. The Hall–Kier alpha value is -1.30. The first-order valence-corrected chi connectivity index (χ1v) is 9.92. The number of aryl methyl sites for hydroxylation is 1. The lowest BCUT2D eigenvalue weighted by Gasteiger charge is -2.42. The van der Waals surface area contributed by atoms with Gasteiger partial charge in [0.05, 0.1) is 18.2 Å². The van der Waals surface area contributed by atoms with Crippen LogP contribution in [-0.2, 0) is 9.53 Å². The lowest BCUT2D eigenvalue weighted by molar-refractivity contribution is -0.148. The average molecular weight is 380 g/mol. The largest absolute Gasteiger partial charge is 0.372 e. The van der Waals surface area contributed by atoms with Gasteiger partial charge in [-0.05, 0) is 45.4 Å². The monoisotopic (exact) mass is 379 g/mol. The standard InChI is InChI=1S/C20H30ClN3O2/c1-14-5-6-18(21)11-19(14)23-9-7-22(8-10-23)17(4)20(25)24-12-15(2)26-16(3)13-24/h5-6,11,15-17H,7-10,12-13H2,1-4H3/t15-,16+,17-/m0/s1. The molecule has 0 bridgehead atoms. The predicted molar refractivity (Wildman–Crippen MR) is 106 cm³/mol. The Bertz CT molecular complexity index is 636. The van der Waals surface area contributed by atoms with Crippen LogP contribution < -0.4 is 4.90 Å². The summed E-state index contributed by atoms with van der Waals surface area (Å²) in [5.74, 6) is 0.222. The van der Waals surface area contributed by atoms with Crippen molar-refractivity contribution in [1.82, 2.24) is 9.80 Å². The van der Waals surface area contributed by atoms with Crippen molar-refractivity contribution in [1.29, 1.82) is 0 Å². The molecule has 5 nitrogen and oxygen atoms in total. The minimum Gasteiger partial charge on any atom is -0.372 e. The van der Waals surface area contributed by atoms with Crippen LogP contribution in [0.3, 0.4) is 0 Å². The third-order valence-electron chi connectivity index (χ3n) is 5.46. The summed E-state index contributed by atoms with van der Waals surface area (Å²) >= 11 is 6.17. The molecule has 144 valence electrons. The van der Waals surface area contributed by atoms with Crippen molar-refractivity contribution >= 4 is 23.2 Å². The summed E-state index contributed by atoms with van der Waals surface area (Å²) < 4.78 is 5.75. The number of piperazine rings is 1. The minimum absolute atomic E-state index is 0.0879. The van der Waals surface area contributed by atoms with Gasteiger partial charge in [-0.2, -0.15) is 0 Å². The van der Waals surface area contributed by atoms with Crippen LogP contribution in [0.5, 0.6) is 0 Å². The Balaban J connectivity index is 1.58. The maximum atomic E-state index is 12.9. The molecule has 1 aromatic rings. The van der Waals surface area contributed by atoms with Crippen LogP contribution >= 0.6 is 11.6 Å². The molecule has 0 unspecified atom stereocenters. The fourth-order valence-corrected chi connectivity index (χ4v) is 4.22. The molecule has 2 heterocycles. The number of morpholine rings is 1. The van der Waals surface area contributed by atoms with E-state index in [0.29, 0.717) is 13.1 Å². The Labute approximate surface area is 161 Å². The molecule has 2 aliphatic rings. The molecule has 6 heteroatoms. The second-order valence-corrected chi connectivity index (χ2v) is 8.07. The van der Waals surface area contributed by atoms with Crippen LogP contribution in [0.2, 0.25) is 5.02 Å². The van der Waals surface area contributed by atoms with Crippen molar-refractivity contribution in [3.8, 4) is 0 Å². The highest BCUT2D eigenvalue weighted by Gasteiger charge is 2.32. The second-order valence-electron chi connectivity index (χ2n) is 7.63. The van der Waals surface area contributed by atoms with Gasteiger partial charge in [-0.15, -0.1) is 0 Å². The molecule has 0 radical (unpaired) electrons. The average Bonchev–Trinajstić information content (AvgIpc) is 2.62. The molecule has 1 aromatic carbocycles. The zero-order chi connectivity index (χ0) is 18.8. The highest BCUT2D eigenvalue weighted by molar-refractivity contribution is 6.30. The molecular formula is C20H30ClN3O2. The molecule has 0 N–H and O–H groups in total. The molecule has 2 aliphatic heterocycles. The number of benzene rings is 1. The van der Waals surface area contributed by atoms with Crippen molar-refractivity contribution in [3.05, 3.63) is 28.8 Å². The molecule has 2 fully saturated rings. The number of carbonyl (C=O) groups excluding carboxylic acids is 1. The van der Waals surface area contributed by atoms with E-state index in [-0.39, 0.29) is 24.2 Å². The van der Waals surface area contributed by atoms with E-state index in [1.165, 1.54) is 11.3 Å². The molecule has 26 heavy (non-hydrogen) atoms. The van der Waals surface area contributed by atoms with E-state index in [2.05, 4.69) is 22.8 Å². The van der Waals surface area contributed by atoms with Crippen molar-refractivity contribution in [2.75, 3.05) is 44.2 Å². The number of nitrogens with zero attached hydrogens (tertiary/aromatic N) is 3. The van der Waals surface area contributed by atoms with Gasteiger partial charge in [-0.1, -0.05) is 17.7 Å². The summed E-state index contributed by atoms with van der Waals surface area (Å²) in [7, 11) is 0.